The van der Waals surface area contributed by atoms with Gasteiger partial charge in [-0.1, -0.05) is 17.7 Å². The molecule has 0 atom stereocenters. The molecule has 5 heteroatoms. The van der Waals surface area contributed by atoms with Crippen LogP contribution in [0.4, 0.5) is 0 Å². The van der Waals surface area contributed by atoms with Gasteiger partial charge in [0.05, 0.1) is 5.54 Å². The number of rotatable bonds is 0. The standard InChI is InChI=1S/C12H11ClN2O2/c13-9-2-1-8-10(14-9)11(17)15-12(8)5-3-7(16)4-6-12/h1-2H,3-6H2,(H,15,17). The molecule has 1 spiro atoms. The molecule has 3 rings (SSSR count). The predicted octanol–water partition coefficient (Wildman–Crippen LogP) is 1.82. The van der Waals surface area contributed by atoms with E-state index in [0.717, 1.165) is 5.56 Å². The van der Waals surface area contributed by atoms with E-state index in [2.05, 4.69) is 10.3 Å². The molecule has 1 fully saturated rings. The molecule has 17 heavy (non-hydrogen) atoms. The van der Waals surface area contributed by atoms with E-state index in [1.807, 2.05) is 6.07 Å². The normalized spacial score (nSPS) is 21.5. The SMILES string of the molecule is O=C1CCC2(CC1)NC(=O)c1nc(Cl)ccc12. The third-order valence-electron chi connectivity index (χ3n) is 3.61. The zero-order chi connectivity index (χ0) is 12.0. The summed E-state index contributed by atoms with van der Waals surface area (Å²) in [6, 6.07) is 3.54. The summed E-state index contributed by atoms with van der Waals surface area (Å²) in [5.74, 6) is 0.0806. The molecule has 2 aliphatic rings. The van der Waals surface area contributed by atoms with Gasteiger partial charge in [0.1, 0.15) is 16.6 Å². The lowest BCUT2D eigenvalue weighted by Gasteiger charge is -2.33. The average Bonchev–Trinajstić information content (AvgIpc) is 2.57. The van der Waals surface area contributed by atoms with Gasteiger partial charge in [-0.2, -0.15) is 0 Å². The monoisotopic (exact) mass is 250 g/mol. The van der Waals surface area contributed by atoms with Crippen LogP contribution in [0.15, 0.2) is 12.1 Å². The van der Waals surface area contributed by atoms with E-state index < -0.39 is 5.54 Å². The molecule has 0 bridgehead atoms. The number of nitrogens with one attached hydrogen (secondary N) is 1. The molecule has 0 unspecified atom stereocenters. The number of pyridine rings is 1. The molecule has 1 amide bonds. The van der Waals surface area contributed by atoms with Crippen molar-refractivity contribution in [1.82, 2.24) is 10.3 Å². The van der Waals surface area contributed by atoms with Crippen molar-refractivity contribution in [3.05, 3.63) is 28.5 Å². The van der Waals surface area contributed by atoms with Crippen LogP contribution in [0, 0.1) is 0 Å². The number of hydrogen-bond acceptors (Lipinski definition) is 3. The molecule has 88 valence electrons. The fourth-order valence-corrected chi connectivity index (χ4v) is 2.84. The van der Waals surface area contributed by atoms with Crippen LogP contribution in [-0.4, -0.2) is 16.7 Å². The molecular weight excluding hydrogens is 240 g/mol. The van der Waals surface area contributed by atoms with E-state index in [9.17, 15) is 9.59 Å². The molecule has 1 aliphatic heterocycles. The second kappa shape index (κ2) is 3.53. The Bertz CT molecular complexity index is 517. The fraction of sp³-hybridized carbons (Fsp3) is 0.417. The number of carbonyl (C=O) groups excluding carboxylic acids is 2. The fourth-order valence-electron chi connectivity index (χ4n) is 2.69. The lowest BCUT2D eigenvalue weighted by atomic mass is 9.77. The molecule has 1 N–H and O–H groups in total. The van der Waals surface area contributed by atoms with Crippen molar-refractivity contribution in [3.63, 3.8) is 0 Å². The second-order valence-electron chi connectivity index (χ2n) is 4.61. The highest BCUT2D eigenvalue weighted by Gasteiger charge is 2.45. The number of carbonyl (C=O) groups is 2. The summed E-state index contributed by atoms with van der Waals surface area (Å²) >= 11 is 5.79. The van der Waals surface area contributed by atoms with Crippen molar-refractivity contribution in [2.24, 2.45) is 0 Å². The largest absolute Gasteiger partial charge is 0.341 e. The quantitative estimate of drug-likeness (QED) is 0.715. The van der Waals surface area contributed by atoms with Crippen molar-refractivity contribution < 1.29 is 9.59 Å². The molecule has 1 aliphatic carbocycles. The van der Waals surface area contributed by atoms with Gasteiger partial charge in [0.25, 0.3) is 5.91 Å². The van der Waals surface area contributed by atoms with Crippen molar-refractivity contribution in [3.8, 4) is 0 Å². The first-order valence-corrected chi connectivity index (χ1v) is 6.00. The summed E-state index contributed by atoms with van der Waals surface area (Å²) in [5, 5.41) is 3.29. The summed E-state index contributed by atoms with van der Waals surface area (Å²) in [4.78, 5) is 27.2. The highest BCUT2D eigenvalue weighted by atomic mass is 35.5. The molecule has 2 heterocycles. The maximum Gasteiger partial charge on any atom is 0.271 e. The number of ketones is 1. The van der Waals surface area contributed by atoms with Crippen LogP contribution < -0.4 is 5.32 Å². The van der Waals surface area contributed by atoms with Gasteiger partial charge >= 0.3 is 0 Å². The smallest absolute Gasteiger partial charge is 0.271 e. The number of Topliss-reactive ketones (excluding diaryl/α,β-unsaturated/α-hetero) is 1. The number of halogens is 1. The minimum absolute atomic E-state index is 0.183. The Labute approximate surface area is 103 Å². The summed E-state index contributed by atoms with van der Waals surface area (Å²) in [5.41, 5.74) is 0.906. The van der Waals surface area contributed by atoms with Gasteiger partial charge in [-0.05, 0) is 18.9 Å². The van der Waals surface area contributed by atoms with Crippen LogP contribution in [0.1, 0.15) is 41.7 Å². The topological polar surface area (TPSA) is 59.1 Å². The Hall–Kier alpha value is -1.42. The maximum atomic E-state index is 11.9. The Morgan fingerprint density at radius 1 is 1.24 bits per heavy atom. The first kappa shape index (κ1) is 10.7. The third kappa shape index (κ3) is 1.55. The molecule has 1 saturated carbocycles. The van der Waals surface area contributed by atoms with E-state index in [4.69, 9.17) is 11.6 Å². The second-order valence-corrected chi connectivity index (χ2v) is 4.99. The summed E-state index contributed by atoms with van der Waals surface area (Å²) in [6.45, 7) is 0. The van der Waals surface area contributed by atoms with Crippen LogP contribution in [-0.2, 0) is 10.3 Å². The van der Waals surface area contributed by atoms with Crippen molar-refractivity contribution in [2.75, 3.05) is 0 Å². The molecule has 1 aromatic heterocycles. The van der Waals surface area contributed by atoms with Crippen LogP contribution in [0.3, 0.4) is 0 Å². The van der Waals surface area contributed by atoms with Gasteiger partial charge in [0.2, 0.25) is 0 Å². The number of hydrogen-bond donors (Lipinski definition) is 1. The maximum absolute atomic E-state index is 11.9. The first-order valence-electron chi connectivity index (χ1n) is 5.62. The van der Waals surface area contributed by atoms with Crippen molar-refractivity contribution >= 4 is 23.3 Å². The van der Waals surface area contributed by atoms with E-state index >= 15 is 0 Å². The Kier molecular flexibility index (Phi) is 2.23. The van der Waals surface area contributed by atoms with Crippen LogP contribution in [0.2, 0.25) is 5.15 Å². The minimum atomic E-state index is -0.391. The van der Waals surface area contributed by atoms with Gasteiger partial charge in [-0.3, -0.25) is 9.59 Å². The Balaban J connectivity index is 2.06. The molecule has 4 nitrogen and oxygen atoms in total. The highest BCUT2D eigenvalue weighted by Crippen LogP contribution is 2.41. The Morgan fingerprint density at radius 3 is 2.65 bits per heavy atom. The van der Waals surface area contributed by atoms with Gasteiger partial charge in [-0.15, -0.1) is 0 Å². The van der Waals surface area contributed by atoms with Crippen LogP contribution in [0.25, 0.3) is 0 Å². The number of fused-ring (bicyclic) bond motifs is 2. The molecular formula is C12H11ClN2O2. The third-order valence-corrected chi connectivity index (χ3v) is 3.82. The van der Waals surface area contributed by atoms with E-state index in [1.165, 1.54) is 0 Å². The molecule has 0 radical (unpaired) electrons. The van der Waals surface area contributed by atoms with Crippen molar-refractivity contribution in [2.45, 2.75) is 31.2 Å². The zero-order valence-corrected chi connectivity index (χ0v) is 9.88. The molecule has 1 aromatic rings. The van der Waals surface area contributed by atoms with E-state index in [1.54, 1.807) is 6.07 Å². The van der Waals surface area contributed by atoms with Gasteiger partial charge < -0.3 is 5.32 Å². The van der Waals surface area contributed by atoms with Gasteiger partial charge in [-0.25, -0.2) is 4.98 Å². The van der Waals surface area contributed by atoms with Crippen LogP contribution in [0.5, 0.6) is 0 Å². The summed E-state index contributed by atoms with van der Waals surface area (Å²) in [6.07, 6.45) is 2.35. The minimum Gasteiger partial charge on any atom is -0.341 e. The Morgan fingerprint density at radius 2 is 1.94 bits per heavy atom. The van der Waals surface area contributed by atoms with E-state index in [0.29, 0.717) is 36.5 Å². The van der Waals surface area contributed by atoms with Crippen LogP contribution >= 0.6 is 11.6 Å². The average molecular weight is 251 g/mol. The number of aromatic nitrogens is 1. The summed E-state index contributed by atoms with van der Waals surface area (Å²) in [7, 11) is 0. The predicted molar refractivity (Wildman–Crippen MR) is 61.9 cm³/mol. The van der Waals surface area contributed by atoms with E-state index in [-0.39, 0.29) is 11.7 Å². The van der Waals surface area contributed by atoms with Gasteiger partial charge in [0.15, 0.2) is 0 Å². The lowest BCUT2D eigenvalue weighted by molar-refractivity contribution is -0.121. The number of amides is 1. The lowest BCUT2D eigenvalue weighted by Crippen LogP contribution is -2.42. The van der Waals surface area contributed by atoms with Gasteiger partial charge in [0, 0.05) is 18.4 Å². The van der Waals surface area contributed by atoms with Crippen molar-refractivity contribution in [1.29, 1.82) is 0 Å². The molecule has 0 aromatic carbocycles. The number of nitrogens with zero attached hydrogens (tertiary/aromatic N) is 1. The summed E-state index contributed by atoms with van der Waals surface area (Å²) < 4.78 is 0. The highest BCUT2D eigenvalue weighted by molar-refractivity contribution is 6.29. The zero-order valence-electron chi connectivity index (χ0n) is 9.12. The molecule has 0 saturated heterocycles. The first-order chi connectivity index (χ1) is 8.11.